The molecule has 0 aliphatic rings. The monoisotopic (exact) mass is 516 g/mol. The van der Waals surface area contributed by atoms with Gasteiger partial charge in [-0.1, -0.05) is 63.2 Å². The van der Waals surface area contributed by atoms with Gasteiger partial charge < -0.3 is 15.6 Å². The van der Waals surface area contributed by atoms with E-state index in [0.717, 1.165) is 38.9 Å². The van der Waals surface area contributed by atoms with Crippen LogP contribution < -0.4 is 15.2 Å². The molecule has 7 nitrogen and oxygen atoms in total. The van der Waals surface area contributed by atoms with Crippen molar-refractivity contribution in [2.45, 2.75) is 45.1 Å². The molecule has 0 fully saturated rings. The third-order valence-corrected chi connectivity index (χ3v) is 6.53. The molecule has 1 heterocycles. The predicted molar refractivity (Wildman–Crippen MR) is 150 cm³/mol. The van der Waals surface area contributed by atoms with E-state index in [-0.39, 0.29) is 17.0 Å². The van der Waals surface area contributed by atoms with E-state index < -0.39 is 5.97 Å². The number of fused-ring (bicyclic) bond motifs is 1. The number of rotatable bonds is 9. The van der Waals surface area contributed by atoms with Gasteiger partial charge in [0.25, 0.3) is 0 Å². The average molecular weight is 517 g/mol. The Hall–Kier alpha value is -3.62. The number of nitrogens with one attached hydrogen (secondary N) is 1. The van der Waals surface area contributed by atoms with E-state index in [9.17, 15) is 9.90 Å². The Kier molecular flexibility index (Phi) is 8.00. The predicted octanol–water partition coefficient (Wildman–Crippen LogP) is 6.56. The first-order valence-corrected chi connectivity index (χ1v) is 12.9. The van der Waals surface area contributed by atoms with Crippen molar-refractivity contribution < 1.29 is 14.6 Å². The van der Waals surface area contributed by atoms with Gasteiger partial charge in [0, 0.05) is 22.6 Å². The van der Waals surface area contributed by atoms with E-state index in [1.54, 1.807) is 18.2 Å². The third kappa shape index (κ3) is 6.99. The number of carboxylic acids is 1. The van der Waals surface area contributed by atoms with Crippen molar-refractivity contribution in [3.63, 3.8) is 0 Å². The summed E-state index contributed by atoms with van der Waals surface area (Å²) >= 11 is 1.24. The standard InChI is InChI=1S/C29H32N4O3S/c1-18-12-13-19-8-5-6-11-23(19)26(18)24-15-25(36-17-21(30)16-29(2,3)4)32-28(31-24)33-37-22-10-7-9-20(14-22)27(34)35/h5-15,21H,16-17,30H2,1-4H3,(H,34,35)(H,31,32,33). The summed E-state index contributed by atoms with van der Waals surface area (Å²) in [4.78, 5) is 21.4. The number of nitrogens with zero attached hydrogens (tertiary/aromatic N) is 2. The number of nitrogens with two attached hydrogens (primary N) is 1. The van der Waals surface area contributed by atoms with E-state index in [1.807, 2.05) is 24.3 Å². The van der Waals surface area contributed by atoms with E-state index in [2.05, 4.69) is 61.7 Å². The van der Waals surface area contributed by atoms with Crippen LogP contribution in [-0.4, -0.2) is 33.7 Å². The Labute approximate surface area is 221 Å². The van der Waals surface area contributed by atoms with Crippen LogP contribution in [0.2, 0.25) is 0 Å². The molecule has 1 aromatic heterocycles. The van der Waals surface area contributed by atoms with Gasteiger partial charge in [-0.2, -0.15) is 4.98 Å². The molecule has 0 saturated carbocycles. The molecule has 37 heavy (non-hydrogen) atoms. The summed E-state index contributed by atoms with van der Waals surface area (Å²) in [6.45, 7) is 8.84. The lowest BCUT2D eigenvalue weighted by Crippen LogP contribution is -2.32. The van der Waals surface area contributed by atoms with Crippen molar-refractivity contribution in [2.24, 2.45) is 11.1 Å². The number of carbonyl (C=O) groups is 1. The van der Waals surface area contributed by atoms with Crippen molar-refractivity contribution in [2.75, 3.05) is 11.3 Å². The second-order valence-electron chi connectivity index (χ2n) is 10.3. The number of ether oxygens (including phenoxy) is 1. The molecule has 0 saturated heterocycles. The van der Waals surface area contributed by atoms with Gasteiger partial charge in [-0.15, -0.1) is 0 Å². The Bertz CT molecular complexity index is 1420. The second kappa shape index (κ2) is 11.2. The molecule has 1 atom stereocenters. The van der Waals surface area contributed by atoms with Crippen LogP contribution in [0.15, 0.2) is 71.6 Å². The molecule has 0 amide bonds. The first-order valence-electron chi connectivity index (χ1n) is 12.1. The summed E-state index contributed by atoms with van der Waals surface area (Å²) in [5.74, 6) is -0.201. The first-order chi connectivity index (χ1) is 17.6. The lowest BCUT2D eigenvalue weighted by Gasteiger charge is -2.23. The van der Waals surface area contributed by atoms with Crippen LogP contribution in [0.4, 0.5) is 5.95 Å². The van der Waals surface area contributed by atoms with Crippen molar-refractivity contribution in [1.29, 1.82) is 0 Å². The zero-order valence-electron chi connectivity index (χ0n) is 21.5. The zero-order chi connectivity index (χ0) is 26.6. The molecule has 0 aliphatic heterocycles. The Morgan fingerprint density at radius 3 is 2.62 bits per heavy atom. The molecule has 4 aromatic rings. The fourth-order valence-electron chi connectivity index (χ4n) is 4.23. The highest BCUT2D eigenvalue weighted by Gasteiger charge is 2.18. The van der Waals surface area contributed by atoms with Crippen LogP contribution >= 0.6 is 11.9 Å². The molecule has 4 N–H and O–H groups in total. The molecular formula is C29H32N4O3S. The molecule has 3 aromatic carbocycles. The lowest BCUT2D eigenvalue weighted by atomic mass is 9.89. The summed E-state index contributed by atoms with van der Waals surface area (Å²) < 4.78 is 9.23. The van der Waals surface area contributed by atoms with Crippen LogP contribution in [0, 0.1) is 12.3 Å². The summed E-state index contributed by atoms with van der Waals surface area (Å²) in [7, 11) is 0. The molecule has 4 rings (SSSR count). The zero-order valence-corrected chi connectivity index (χ0v) is 22.3. The fourth-order valence-corrected chi connectivity index (χ4v) is 4.86. The highest BCUT2D eigenvalue weighted by Crippen LogP contribution is 2.33. The average Bonchev–Trinajstić information content (AvgIpc) is 2.85. The molecule has 0 spiro atoms. The maximum Gasteiger partial charge on any atom is 0.335 e. The van der Waals surface area contributed by atoms with E-state index >= 15 is 0 Å². The maximum absolute atomic E-state index is 11.3. The van der Waals surface area contributed by atoms with Crippen molar-refractivity contribution >= 4 is 34.6 Å². The topological polar surface area (TPSA) is 110 Å². The number of benzene rings is 3. The van der Waals surface area contributed by atoms with Crippen LogP contribution in [0.1, 0.15) is 43.1 Å². The largest absolute Gasteiger partial charge is 0.478 e. The normalized spacial score (nSPS) is 12.4. The molecule has 0 aliphatic carbocycles. The first kappa shape index (κ1) is 26.4. The number of hydrogen-bond donors (Lipinski definition) is 3. The fraction of sp³-hybridized carbons (Fsp3) is 0.276. The quantitative estimate of drug-likeness (QED) is 0.214. The van der Waals surface area contributed by atoms with Crippen LogP contribution in [0.25, 0.3) is 22.0 Å². The number of hydrogen-bond acceptors (Lipinski definition) is 7. The molecule has 8 heteroatoms. The molecular weight excluding hydrogens is 484 g/mol. The van der Waals surface area contributed by atoms with Gasteiger partial charge >= 0.3 is 5.97 Å². The van der Waals surface area contributed by atoms with Gasteiger partial charge in [-0.05, 0) is 65.2 Å². The van der Waals surface area contributed by atoms with Gasteiger partial charge in [-0.3, -0.25) is 4.72 Å². The molecule has 0 bridgehead atoms. The van der Waals surface area contributed by atoms with Gasteiger partial charge in [0.2, 0.25) is 11.8 Å². The minimum Gasteiger partial charge on any atom is -0.478 e. The summed E-state index contributed by atoms with van der Waals surface area (Å²) in [5, 5.41) is 11.5. The Morgan fingerprint density at radius 2 is 1.86 bits per heavy atom. The Morgan fingerprint density at radius 1 is 1.08 bits per heavy atom. The van der Waals surface area contributed by atoms with Crippen LogP contribution in [0.5, 0.6) is 5.88 Å². The number of aryl methyl sites for hydroxylation is 1. The van der Waals surface area contributed by atoms with E-state index in [0.29, 0.717) is 18.4 Å². The number of carboxylic acid groups (broad SMARTS) is 1. The van der Waals surface area contributed by atoms with Gasteiger partial charge in [0.05, 0.1) is 11.3 Å². The molecule has 192 valence electrons. The maximum atomic E-state index is 11.3. The number of aromatic carboxylic acids is 1. The van der Waals surface area contributed by atoms with Gasteiger partial charge in [-0.25, -0.2) is 9.78 Å². The van der Waals surface area contributed by atoms with Crippen molar-refractivity contribution in [3.05, 3.63) is 77.9 Å². The SMILES string of the molecule is Cc1ccc2ccccc2c1-c1cc(OCC(N)CC(C)(C)C)nc(NSc2cccc(C(=O)O)c2)n1. The molecule has 1 unspecified atom stereocenters. The Balaban J connectivity index is 1.68. The van der Waals surface area contributed by atoms with E-state index in [1.165, 1.54) is 11.9 Å². The smallest absolute Gasteiger partial charge is 0.335 e. The summed E-state index contributed by atoms with van der Waals surface area (Å²) in [5.41, 5.74) is 9.45. The van der Waals surface area contributed by atoms with Gasteiger partial charge in [0.15, 0.2) is 0 Å². The minimum absolute atomic E-state index is 0.0908. The summed E-state index contributed by atoms with van der Waals surface area (Å²) in [6.07, 6.45) is 0.814. The number of aromatic nitrogens is 2. The lowest BCUT2D eigenvalue weighted by molar-refractivity contribution is 0.0696. The minimum atomic E-state index is -0.977. The highest BCUT2D eigenvalue weighted by molar-refractivity contribution is 8.00. The second-order valence-corrected chi connectivity index (χ2v) is 11.1. The molecule has 0 radical (unpaired) electrons. The van der Waals surface area contributed by atoms with Crippen LogP contribution in [-0.2, 0) is 0 Å². The van der Waals surface area contributed by atoms with Crippen molar-refractivity contribution in [1.82, 2.24) is 9.97 Å². The summed E-state index contributed by atoms with van der Waals surface area (Å²) in [6, 6.07) is 20.8. The van der Waals surface area contributed by atoms with E-state index in [4.69, 9.17) is 15.5 Å². The van der Waals surface area contributed by atoms with Crippen LogP contribution in [0.3, 0.4) is 0 Å². The van der Waals surface area contributed by atoms with Gasteiger partial charge in [0.1, 0.15) is 6.61 Å². The third-order valence-electron chi connectivity index (χ3n) is 5.76. The van der Waals surface area contributed by atoms with Crippen molar-refractivity contribution in [3.8, 4) is 17.1 Å². The highest BCUT2D eigenvalue weighted by atomic mass is 32.2. The number of anilines is 1.